The molecular formula is C21H26N2O4S. The first-order valence-electron chi connectivity index (χ1n) is 9.39. The van der Waals surface area contributed by atoms with E-state index in [4.69, 9.17) is 9.88 Å². The summed E-state index contributed by atoms with van der Waals surface area (Å²) in [6.45, 7) is 6.18. The van der Waals surface area contributed by atoms with E-state index in [9.17, 15) is 13.2 Å². The fourth-order valence-electron chi connectivity index (χ4n) is 3.52. The monoisotopic (exact) mass is 402 g/mol. The van der Waals surface area contributed by atoms with Gasteiger partial charge in [0.1, 0.15) is 0 Å². The van der Waals surface area contributed by atoms with Gasteiger partial charge in [-0.3, -0.25) is 4.79 Å². The summed E-state index contributed by atoms with van der Waals surface area (Å²) in [6.07, 6.45) is 0.353. The summed E-state index contributed by atoms with van der Waals surface area (Å²) >= 11 is 0. The molecule has 7 heteroatoms. The molecule has 1 aliphatic rings. The van der Waals surface area contributed by atoms with Crippen LogP contribution in [-0.4, -0.2) is 20.8 Å². The van der Waals surface area contributed by atoms with E-state index in [1.807, 2.05) is 45.0 Å². The maximum Gasteiger partial charge on any atom is 0.238 e. The first kappa shape index (κ1) is 20.5. The number of Topliss-reactive ketones (excluding diaryl/α,β-unsaturated/α-hetero) is 1. The van der Waals surface area contributed by atoms with Gasteiger partial charge in [0.05, 0.1) is 17.0 Å². The first-order valence-corrected chi connectivity index (χ1v) is 10.9. The topological polar surface area (TPSA) is 98.5 Å². The van der Waals surface area contributed by atoms with Gasteiger partial charge in [0, 0.05) is 35.8 Å². The van der Waals surface area contributed by atoms with Gasteiger partial charge in [-0.1, -0.05) is 32.0 Å². The second kappa shape index (κ2) is 8.03. The molecule has 0 aromatic heterocycles. The number of fused-ring (bicyclic) bond motifs is 1. The van der Waals surface area contributed by atoms with Crippen molar-refractivity contribution in [2.75, 3.05) is 11.9 Å². The Hall–Kier alpha value is -2.22. The summed E-state index contributed by atoms with van der Waals surface area (Å²) in [7, 11) is -3.78. The van der Waals surface area contributed by atoms with Crippen LogP contribution in [0.25, 0.3) is 0 Å². The second-order valence-corrected chi connectivity index (χ2v) is 8.88. The Morgan fingerprint density at radius 3 is 2.64 bits per heavy atom. The SMILES string of the molecule is CCOC1CC(c2cccc(C(=O)C(C)C)c2)Nc2ccc(S(N)(=O)=O)cc21. The van der Waals surface area contributed by atoms with E-state index in [0.717, 1.165) is 16.8 Å². The molecule has 28 heavy (non-hydrogen) atoms. The largest absolute Gasteiger partial charge is 0.378 e. The molecule has 3 rings (SSSR count). The van der Waals surface area contributed by atoms with Crippen LogP contribution in [0, 0.1) is 5.92 Å². The van der Waals surface area contributed by atoms with E-state index < -0.39 is 10.0 Å². The van der Waals surface area contributed by atoms with Crippen LogP contribution in [0.2, 0.25) is 0 Å². The lowest BCUT2D eigenvalue weighted by Gasteiger charge is -2.33. The summed E-state index contributed by atoms with van der Waals surface area (Å²) in [5, 5.41) is 8.72. The number of hydrogen-bond donors (Lipinski definition) is 2. The van der Waals surface area contributed by atoms with Gasteiger partial charge in [-0.2, -0.15) is 0 Å². The number of rotatable bonds is 6. The smallest absolute Gasteiger partial charge is 0.238 e. The Morgan fingerprint density at radius 1 is 1.25 bits per heavy atom. The lowest BCUT2D eigenvalue weighted by molar-refractivity contribution is 0.0497. The molecular weight excluding hydrogens is 376 g/mol. The average Bonchev–Trinajstić information content (AvgIpc) is 2.66. The molecule has 0 spiro atoms. The van der Waals surface area contributed by atoms with E-state index in [0.29, 0.717) is 18.6 Å². The molecule has 2 aromatic rings. The summed E-state index contributed by atoms with van der Waals surface area (Å²) in [6, 6.07) is 12.4. The molecule has 2 unspecified atom stereocenters. The molecule has 0 fully saturated rings. The summed E-state index contributed by atoms with van der Waals surface area (Å²) in [4.78, 5) is 12.4. The molecule has 6 nitrogen and oxygen atoms in total. The van der Waals surface area contributed by atoms with Crippen molar-refractivity contribution < 1.29 is 17.9 Å². The van der Waals surface area contributed by atoms with Crippen LogP contribution in [0.1, 0.15) is 60.8 Å². The number of sulfonamides is 1. The predicted molar refractivity (Wildman–Crippen MR) is 109 cm³/mol. The Kier molecular flexibility index (Phi) is 5.88. The fourth-order valence-corrected chi connectivity index (χ4v) is 4.07. The third kappa shape index (κ3) is 4.27. The van der Waals surface area contributed by atoms with Crippen LogP contribution in [0.4, 0.5) is 5.69 Å². The molecule has 150 valence electrons. The number of carbonyl (C=O) groups excluding carboxylic acids is 1. The number of benzene rings is 2. The first-order chi connectivity index (χ1) is 13.2. The Balaban J connectivity index is 1.97. The fraction of sp³-hybridized carbons (Fsp3) is 0.381. The average molecular weight is 403 g/mol. The molecule has 2 aromatic carbocycles. The lowest BCUT2D eigenvalue weighted by Crippen LogP contribution is -2.24. The van der Waals surface area contributed by atoms with E-state index in [1.54, 1.807) is 12.1 Å². The van der Waals surface area contributed by atoms with Gasteiger partial charge < -0.3 is 10.1 Å². The number of carbonyl (C=O) groups is 1. The van der Waals surface area contributed by atoms with Gasteiger partial charge in [0.2, 0.25) is 10.0 Å². The quantitative estimate of drug-likeness (QED) is 0.716. The highest BCUT2D eigenvalue weighted by Gasteiger charge is 2.29. The van der Waals surface area contributed by atoms with Gasteiger partial charge in [-0.25, -0.2) is 13.6 Å². The highest BCUT2D eigenvalue weighted by molar-refractivity contribution is 7.89. The standard InChI is InChI=1S/C21H26N2O4S/c1-4-27-20-12-19(14-6-5-7-15(10-14)21(24)13(2)3)23-18-9-8-16(11-17(18)20)28(22,25)26/h5-11,13,19-20,23H,4,12H2,1-3H3,(H2,22,25,26). The molecule has 0 saturated carbocycles. The van der Waals surface area contributed by atoms with Crippen molar-refractivity contribution in [2.24, 2.45) is 11.1 Å². The Bertz CT molecular complexity index is 986. The number of hydrogen-bond acceptors (Lipinski definition) is 5. The highest BCUT2D eigenvalue weighted by atomic mass is 32.2. The van der Waals surface area contributed by atoms with Crippen molar-refractivity contribution in [2.45, 2.75) is 44.2 Å². The number of ketones is 1. The molecule has 3 N–H and O–H groups in total. The van der Waals surface area contributed by atoms with E-state index in [2.05, 4.69) is 5.32 Å². The van der Waals surface area contributed by atoms with Crippen molar-refractivity contribution in [3.8, 4) is 0 Å². The van der Waals surface area contributed by atoms with E-state index in [1.165, 1.54) is 6.07 Å². The molecule has 0 saturated heterocycles. The van der Waals surface area contributed by atoms with Gasteiger partial charge in [-0.05, 0) is 36.8 Å². The third-order valence-corrected chi connectivity index (χ3v) is 5.85. The minimum atomic E-state index is -3.78. The van der Waals surface area contributed by atoms with Crippen LogP contribution in [0.5, 0.6) is 0 Å². The summed E-state index contributed by atoms with van der Waals surface area (Å²) < 4.78 is 29.3. The number of nitrogens with two attached hydrogens (primary N) is 1. The highest BCUT2D eigenvalue weighted by Crippen LogP contribution is 2.41. The minimum absolute atomic E-state index is 0.0516. The summed E-state index contributed by atoms with van der Waals surface area (Å²) in [5.74, 6) is 0.0420. The Labute approximate surface area is 166 Å². The molecule has 0 bridgehead atoms. The molecule has 2 atom stereocenters. The van der Waals surface area contributed by atoms with Crippen molar-refractivity contribution in [1.82, 2.24) is 0 Å². The lowest BCUT2D eigenvalue weighted by atomic mass is 9.89. The maximum atomic E-state index is 12.4. The number of anilines is 1. The Morgan fingerprint density at radius 2 is 2.00 bits per heavy atom. The second-order valence-electron chi connectivity index (χ2n) is 7.32. The van der Waals surface area contributed by atoms with Crippen LogP contribution in [-0.2, 0) is 14.8 Å². The van der Waals surface area contributed by atoms with E-state index in [-0.39, 0.29) is 28.7 Å². The predicted octanol–water partition coefficient (Wildman–Crippen LogP) is 3.81. The zero-order valence-electron chi connectivity index (χ0n) is 16.3. The van der Waals surface area contributed by atoms with Gasteiger partial charge >= 0.3 is 0 Å². The van der Waals surface area contributed by atoms with Crippen LogP contribution in [0.3, 0.4) is 0 Å². The zero-order chi connectivity index (χ0) is 20.5. The maximum absolute atomic E-state index is 12.4. The van der Waals surface area contributed by atoms with Gasteiger partial charge in [0.25, 0.3) is 0 Å². The molecule has 0 aliphatic carbocycles. The summed E-state index contributed by atoms with van der Waals surface area (Å²) in [5.41, 5.74) is 3.27. The normalized spacial score (nSPS) is 19.2. The van der Waals surface area contributed by atoms with Crippen molar-refractivity contribution in [3.63, 3.8) is 0 Å². The molecule has 1 aliphatic heterocycles. The van der Waals surface area contributed by atoms with Gasteiger partial charge in [0.15, 0.2) is 5.78 Å². The molecule has 0 amide bonds. The van der Waals surface area contributed by atoms with Gasteiger partial charge in [-0.15, -0.1) is 0 Å². The van der Waals surface area contributed by atoms with E-state index >= 15 is 0 Å². The van der Waals surface area contributed by atoms with Crippen molar-refractivity contribution >= 4 is 21.5 Å². The number of ether oxygens (including phenoxy) is 1. The van der Waals surface area contributed by atoms with Crippen molar-refractivity contribution in [3.05, 3.63) is 59.2 Å². The van der Waals surface area contributed by atoms with Crippen LogP contribution in [0.15, 0.2) is 47.4 Å². The van der Waals surface area contributed by atoms with Crippen molar-refractivity contribution in [1.29, 1.82) is 0 Å². The van der Waals surface area contributed by atoms with Crippen LogP contribution >= 0.6 is 0 Å². The zero-order valence-corrected chi connectivity index (χ0v) is 17.1. The third-order valence-electron chi connectivity index (χ3n) is 4.94. The number of nitrogens with one attached hydrogen (secondary N) is 1. The van der Waals surface area contributed by atoms with Crippen LogP contribution < -0.4 is 10.5 Å². The molecule has 1 heterocycles. The number of primary sulfonamides is 1. The molecule has 0 radical (unpaired) electrons. The minimum Gasteiger partial charge on any atom is -0.378 e.